The molecule has 0 atom stereocenters. The Balaban J connectivity index is 2.44. The molecule has 10 heteroatoms. The zero-order valence-electron chi connectivity index (χ0n) is 12.0. The normalized spacial score (nSPS) is 11.2. The van der Waals surface area contributed by atoms with Gasteiger partial charge in [-0.2, -0.15) is 0 Å². The summed E-state index contributed by atoms with van der Waals surface area (Å²) in [6, 6.07) is 4.68. The maximum absolute atomic E-state index is 13.7. The van der Waals surface area contributed by atoms with Crippen LogP contribution in [-0.2, 0) is 10.0 Å². The number of anilines is 1. The van der Waals surface area contributed by atoms with Crippen LogP contribution in [0.15, 0.2) is 39.7 Å². The van der Waals surface area contributed by atoms with Crippen LogP contribution in [-0.4, -0.2) is 26.6 Å². The maximum atomic E-state index is 13.7. The van der Waals surface area contributed by atoms with Crippen molar-refractivity contribution >= 4 is 37.6 Å². The van der Waals surface area contributed by atoms with Crippen molar-refractivity contribution in [3.8, 4) is 5.75 Å². The van der Waals surface area contributed by atoms with Gasteiger partial charge in [0.05, 0.1) is 27.7 Å². The van der Waals surface area contributed by atoms with Crippen molar-refractivity contribution in [1.82, 2.24) is 0 Å². The van der Waals surface area contributed by atoms with Gasteiger partial charge in [0.15, 0.2) is 0 Å². The van der Waals surface area contributed by atoms with Crippen molar-refractivity contribution in [2.75, 3.05) is 11.8 Å². The molecule has 0 radical (unpaired) electrons. The molecule has 2 N–H and O–H groups in total. The van der Waals surface area contributed by atoms with Crippen LogP contribution in [0.25, 0.3) is 0 Å². The molecule has 0 aliphatic rings. The smallest absolute Gasteiger partial charge is 0.338 e. The number of rotatable bonds is 5. The first kappa shape index (κ1) is 18.1. The molecule has 0 aromatic heterocycles. The molecule has 0 unspecified atom stereocenters. The number of halogens is 3. The van der Waals surface area contributed by atoms with E-state index in [1.807, 2.05) is 4.72 Å². The molecule has 0 amide bonds. The monoisotopic (exact) mass is 421 g/mol. The van der Waals surface area contributed by atoms with Crippen molar-refractivity contribution in [3.63, 3.8) is 0 Å². The van der Waals surface area contributed by atoms with Crippen LogP contribution in [0.4, 0.5) is 14.5 Å². The second-order valence-corrected chi connectivity index (χ2v) is 7.06. The number of hydrogen-bond donors (Lipinski definition) is 2. The Bertz CT molecular complexity index is 918. The summed E-state index contributed by atoms with van der Waals surface area (Å²) in [6.07, 6.45) is 0. The van der Waals surface area contributed by atoms with Gasteiger partial charge in [-0.05, 0) is 40.2 Å². The fraction of sp³-hybridized carbons (Fsp3) is 0.0714. The highest BCUT2D eigenvalue weighted by Gasteiger charge is 2.21. The fourth-order valence-corrected chi connectivity index (χ4v) is 3.59. The molecule has 24 heavy (non-hydrogen) atoms. The second-order valence-electron chi connectivity index (χ2n) is 4.52. The van der Waals surface area contributed by atoms with Crippen LogP contribution >= 0.6 is 15.9 Å². The Morgan fingerprint density at radius 2 is 1.88 bits per heavy atom. The van der Waals surface area contributed by atoms with Crippen LogP contribution in [0.5, 0.6) is 5.75 Å². The van der Waals surface area contributed by atoms with Gasteiger partial charge in [-0.1, -0.05) is 0 Å². The summed E-state index contributed by atoms with van der Waals surface area (Å²) >= 11 is 3.12. The lowest BCUT2D eigenvalue weighted by Crippen LogP contribution is -2.15. The van der Waals surface area contributed by atoms with Gasteiger partial charge < -0.3 is 9.84 Å². The average molecular weight is 422 g/mol. The van der Waals surface area contributed by atoms with Crippen LogP contribution in [0.3, 0.4) is 0 Å². The Morgan fingerprint density at radius 3 is 2.42 bits per heavy atom. The number of nitrogens with one attached hydrogen (secondary N) is 1. The average Bonchev–Trinajstić information content (AvgIpc) is 2.49. The van der Waals surface area contributed by atoms with E-state index in [-0.39, 0.29) is 4.90 Å². The lowest BCUT2D eigenvalue weighted by atomic mass is 10.2. The first-order valence-corrected chi connectivity index (χ1v) is 8.52. The van der Waals surface area contributed by atoms with Crippen LogP contribution in [0.1, 0.15) is 10.4 Å². The zero-order chi connectivity index (χ0) is 18.1. The SMILES string of the molecule is COc1ccc(S(=O)(=O)Nc2cc(C(=O)O)c(F)cc2F)cc1Br. The van der Waals surface area contributed by atoms with E-state index in [9.17, 15) is 22.0 Å². The lowest BCUT2D eigenvalue weighted by molar-refractivity contribution is 0.0692. The maximum Gasteiger partial charge on any atom is 0.338 e. The summed E-state index contributed by atoms with van der Waals surface area (Å²) < 4.78 is 58.9. The van der Waals surface area contributed by atoms with Crippen molar-refractivity contribution in [1.29, 1.82) is 0 Å². The predicted octanol–water partition coefficient (Wildman–Crippen LogP) is 3.23. The quantitative estimate of drug-likeness (QED) is 0.772. The first-order valence-electron chi connectivity index (χ1n) is 6.24. The number of hydrogen-bond acceptors (Lipinski definition) is 4. The van der Waals surface area contributed by atoms with Crippen LogP contribution in [0, 0.1) is 11.6 Å². The van der Waals surface area contributed by atoms with Crippen LogP contribution in [0.2, 0.25) is 0 Å². The Morgan fingerprint density at radius 1 is 1.21 bits per heavy atom. The molecule has 0 aliphatic heterocycles. The number of carbonyl (C=O) groups is 1. The Hall–Kier alpha value is -2.20. The highest BCUT2D eigenvalue weighted by atomic mass is 79.9. The summed E-state index contributed by atoms with van der Waals surface area (Å²) in [7, 11) is -2.83. The largest absolute Gasteiger partial charge is 0.496 e. The second kappa shape index (κ2) is 6.73. The molecule has 2 aromatic rings. The minimum absolute atomic E-state index is 0.226. The number of aromatic carboxylic acids is 1. The molecule has 0 spiro atoms. The van der Waals surface area contributed by atoms with Gasteiger partial charge in [-0.25, -0.2) is 22.0 Å². The highest BCUT2D eigenvalue weighted by molar-refractivity contribution is 9.10. The number of benzene rings is 2. The number of ether oxygens (including phenoxy) is 1. The van der Waals surface area contributed by atoms with E-state index >= 15 is 0 Å². The Labute approximate surface area is 144 Å². The van der Waals surface area contributed by atoms with Gasteiger partial charge in [0.25, 0.3) is 10.0 Å². The third-order valence-corrected chi connectivity index (χ3v) is 4.95. The van der Waals surface area contributed by atoms with Gasteiger partial charge in [-0.15, -0.1) is 0 Å². The minimum Gasteiger partial charge on any atom is -0.496 e. The van der Waals surface area contributed by atoms with Gasteiger partial charge in [0.2, 0.25) is 0 Å². The lowest BCUT2D eigenvalue weighted by Gasteiger charge is -2.11. The molecule has 6 nitrogen and oxygen atoms in total. The third kappa shape index (κ3) is 3.65. The molecule has 0 bridgehead atoms. The summed E-state index contributed by atoms with van der Waals surface area (Å²) in [5, 5.41) is 8.83. The van der Waals surface area contributed by atoms with E-state index in [4.69, 9.17) is 9.84 Å². The number of carboxylic acid groups (broad SMARTS) is 1. The minimum atomic E-state index is -4.23. The summed E-state index contributed by atoms with van der Waals surface area (Å²) in [4.78, 5) is 10.7. The van der Waals surface area contributed by atoms with E-state index in [1.54, 1.807) is 0 Å². The van der Waals surface area contributed by atoms with Crippen LogP contribution < -0.4 is 9.46 Å². The molecule has 0 saturated carbocycles. The molecule has 0 aliphatic carbocycles. The van der Waals surface area contributed by atoms with E-state index in [0.717, 1.165) is 0 Å². The number of carboxylic acids is 1. The summed E-state index contributed by atoms with van der Waals surface area (Å²) in [6.45, 7) is 0. The summed E-state index contributed by atoms with van der Waals surface area (Å²) in [5.74, 6) is -3.82. The predicted molar refractivity (Wildman–Crippen MR) is 84.8 cm³/mol. The number of methoxy groups -OCH3 is 1. The summed E-state index contributed by atoms with van der Waals surface area (Å²) in [5.41, 5.74) is -1.54. The van der Waals surface area contributed by atoms with Gasteiger partial charge in [-0.3, -0.25) is 4.72 Å². The highest BCUT2D eigenvalue weighted by Crippen LogP contribution is 2.29. The van der Waals surface area contributed by atoms with E-state index in [0.29, 0.717) is 22.4 Å². The number of sulfonamides is 1. The van der Waals surface area contributed by atoms with Crippen molar-refractivity contribution in [2.45, 2.75) is 4.90 Å². The molecule has 2 rings (SSSR count). The van der Waals surface area contributed by atoms with Crippen molar-refractivity contribution in [2.24, 2.45) is 0 Å². The standard InChI is InChI=1S/C14H10BrF2NO5S/c1-23-13-3-2-7(4-9(13)15)24(21,22)18-12-5-8(14(19)20)10(16)6-11(12)17/h2-6,18H,1H3,(H,19,20). The molecular formula is C14H10BrF2NO5S. The molecule has 128 valence electrons. The van der Waals surface area contributed by atoms with Gasteiger partial charge in [0.1, 0.15) is 17.4 Å². The fourth-order valence-electron chi connectivity index (χ4n) is 1.81. The molecular weight excluding hydrogens is 412 g/mol. The topological polar surface area (TPSA) is 92.7 Å². The Kier molecular flexibility index (Phi) is 5.09. The van der Waals surface area contributed by atoms with E-state index < -0.39 is 38.9 Å². The third-order valence-electron chi connectivity index (χ3n) is 2.97. The zero-order valence-corrected chi connectivity index (χ0v) is 14.4. The molecule has 2 aromatic carbocycles. The van der Waals surface area contributed by atoms with Gasteiger partial charge >= 0.3 is 5.97 Å². The molecule has 0 fully saturated rings. The van der Waals surface area contributed by atoms with Gasteiger partial charge in [0, 0.05) is 6.07 Å². The molecule has 0 saturated heterocycles. The van der Waals surface area contributed by atoms with E-state index in [1.165, 1.54) is 25.3 Å². The van der Waals surface area contributed by atoms with Crippen molar-refractivity contribution < 1.29 is 31.8 Å². The van der Waals surface area contributed by atoms with E-state index in [2.05, 4.69) is 15.9 Å². The van der Waals surface area contributed by atoms with Crippen molar-refractivity contribution in [3.05, 3.63) is 52.0 Å². The first-order chi connectivity index (χ1) is 11.2. The molecule has 0 heterocycles.